The summed E-state index contributed by atoms with van der Waals surface area (Å²) >= 11 is 3.11. The molecular formula is C13H14BrFN2O3. The summed E-state index contributed by atoms with van der Waals surface area (Å²) in [6.45, 7) is 0.670. The molecular weight excluding hydrogens is 331 g/mol. The third-order valence-corrected chi connectivity index (χ3v) is 3.87. The minimum absolute atomic E-state index is 0.0889. The van der Waals surface area contributed by atoms with Gasteiger partial charge < -0.3 is 15.4 Å². The van der Waals surface area contributed by atoms with Gasteiger partial charge in [-0.1, -0.05) is 0 Å². The van der Waals surface area contributed by atoms with Crippen LogP contribution in [0.25, 0.3) is 0 Å². The molecule has 0 aromatic heterocycles. The van der Waals surface area contributed by atoms with Crippen LogP contribution in [-0.2, 0) is 4.74 Å². The van der Waals surface area contributed by atoms with Crippen LogP contribution < -0.4 is 5.73 Å². The standard InChI is InChI=1S/C13H14BrFN2O3/c14-11-6-8(15)3-4-10(11)12(18)20-7-9-2-1-5-17(9)13(16)19/h3-4,6,9H,1-2,5,7H2,(H2,16,19). The predicted molar refractivity (Wildman–Crippen MR) is 73.7 cm³/mol. The molecule has 7 heteroatoms. The van der Waals surface area contributed by atoms with Crippen molar-refractivity contribution in [2.24, 2.45) is 5.73 Å². The van der Waals surface area contributed by atoms with Crippen molar-refractivity contribution in [3.63, 3.8) is 0 Å². The quantitative estimate of drug-likeness (QED) is 0.855. The van der Waals surface area contributed by atoms with Crippen LogP contribution in [0.4, 0.5) is 9.18 Å². The molecule has 1 unspecified atom stereocenters. The van der Waals surface area contributed by atoms with Gasteiger partial charge in [0.1, 0.15) is 12.4 Å². The lowest BCUT2D eigenvalue weighted by atomic mass is 10.2. The summed E-state index contributed by atoms with van der Waals surface area (Å²) in [5.74, 6) is -1.00. The van der Waals surface area contributed by atoms with E-state index in [1.54, 1.807) is 0 Å². The zero-order valence-electron chi connectivity index (χ0n) is 10.6. The van der Waals surface area contributed by atoms with Gasteiger partial charge in [0.25, 0.3) is 0 Å². The highest BCUT2D eigenvalue weighted by Gasteiger charge is 2.28. The number of nitrogens with zero attached hydrogens (tertiary/aromatic N) is 1. The third-order valence-electron chi connectivity index (χ3n) is 3.22. The molecule has 1 aromatic rings. The van der Waals surface area contributed by atoms with Crippen LogP contribution in [0.5, 0.6) is 0 Å². The zero-order chi connectivity index (χ0) is 14.7. The van der Waals surface area contributed by atoms with Crippen LogP contribution in [-0.4, -0.2) is 36.1 Å². The van der Waals surface area contributed by atoms with Crippen LogP contribution in [0, 0.1) is 5.82 Å². The maximum atomic E-state index is 12.9. The van der Waals surface area contributed by atoms with E-state index in [9.17, 15) is 14.0 Å². The van der Waals surface area contributed by atoms with E-state index >= 15 is 0 Å². The van der Waals surface area contributed by atoms with E-state index in [1.165, 1.54) is 23.1 Å². The Morgan fingerprint density at radius 3 is 2.90 bits per heavy atom. The smallest absolute Gasteiger partial charge is 0.339 e. The Morgan fingerprint density at radius 2 is 2.25 bits per heavy atom. The molecule has 2 rings (SSSR count). The average Bonchev–Trinajstić information content (AvgIpc) is 2.84. The van der Waals surface area contributed by atoms with E-state index in [0.717, 1.165) is 12.8 Å². The van der Waals surface area contributed by atoms with Crippen LogP contribution in [0.2, 0.25) is 0 Å². The molecule has 0 bridgehead atoms. The number of carbonyl (C=O) groups excluding carboxylic acids is 2. The van der Waals surface area contributed by atoms with Crippen molar-refractivity contribution < 1.29 is 18.7 Å². The van der Waals surface area contributed by atoms with Gasteiger partial charge in [0, 0.05) is 11.0 Å². The van der Waals surface area contributed by atoms with Crippen molar-refractivity contribution in [2.75, 3.05) is 13.2 Å². The molecule has 0 aliphatic carbocycles. The molecule has 5 nitrogen and oxygen atoms in total. The second-order valence-electron chi connectivity index (χ2n) is 4.55. The molecule has 1 aliphatic rings. The maximum Gasteiger partial charge on any atom is 0.339 e. The van der Waals surface area contributed by atoms with E-state index in [1.807, 2.05) is 0 Å². The van der Waals surface area contributed by atoms with Crippen LogP contribution in [0.15, 0.2) is 22.7 Å². The monoisotopic (exact) mass is 344 g/mol. The fourth-order valence-electron chi connectivity index (χ4n) is 2.20. The molecule has 1 aromatic carbocycles. The molecule has 20 heavy (non-hydrogen) atoms. The van der Waals surface area contributed by atoms with Gasteiger partial charge in [0.2, 0.25) is 0 Å². The number of hydrogen-bond acceptors (Lipinski definition) is 3. The van der Waals surface area contributed by atoms with Crippen molar-refractivity contribution in [2.45, 2.75) is 18.9 Å². The maximum absolute atomic E-state index is 12.9. The highest BCUT2D eigenvalue weighted by Crippen LogP contribution is 2.21. The predicted octanol–water partition coefficient (Wildman–Crippen LogP) is 2.29. The average molecular weight is 345 g/mol. The first-order valence-corrected chi connectivity index (χ1v) is 6.96. The number of nitrogens with two attached hydrogens (primary N) is 1. The number of primary amides is 1. The molecule has 1 aliphatic heterocycles. The molecule has 1 atom stereocenters. The van der Waals surface area contributed by atoms with Gasteiger partial charge in [-0.3, -0.25) is 0 Å². The SMILES string of the molecule is NC(=O)N1CCCC1COC(=O)c1ccc(F)cc1Br. The fourth-order valence-corrected chi connectivity index (χ4v) is 2.72. The zero-order valence-corrected chi connectivity index (χ0v) is 12.2. The Hall–Kier alpha value is -1.63. The van der Waals surface area contributed by atoms with Gasteiger partial charge in [0.05, 0.1) is 11.6 Å². The molecule has 108 valence electrons. The number of likely N-dealkylation sites (tertiary alicyclic amines) is 1. The van der Waals surface area contributed by atoms with Crippen molar-refractivity contribution >= 4 is 27.9 Å². The molecule has 0 radical (unpaired) electrons. The van der Waals surface area contributed by atoms with Crippen LogP contribution in [0.3, 0.4) is 0 Å². The van der Waals surface area contributed by atoms with E-state index in [0.29, 0.717) is 11.0 Å². The molecule has 1 heterocycles. The van der Waals surface area contributed by atoms with E-state index < -0.39 is 17.8 Å². The molecule has 1 saturated heterocycles. The first-order chi connectivity index (χ1) is 9.49. The van der Waals surface area contributed by atoms with Gasteiger partial charge in [-0.25, -0.2) is 14.0 Å². The van der Waals surface area contributed by atoms with E-state index in [2.05, 4.69) is 15.9 Å². The Balaban J connectivity index is 1.97. The lowest BCUT2D eigenvalue weighted by molar-refractivity contribution is 0.0421. The van der Waals surface area contributed by atoms with Crippen molar-refractivity contribution in [3.05, 3.63) is 34.1 Å². The largest absolute Gasteiger partial charge is 0.460 e. The number of amides is 2. The number of hydrogen-bond donors (Lipinski definition) is 1. The van der Waals surface area contributed by atoms with Gasteiger partial charge >= 0.3 is 12.0 Å². The molecule has 2 N–H and O–H groups in total. The second kappa shape index (κ2) is 6.21. The summed E-state index contributed by atoms with van der Waals surface area (Å²) in [4.78, 5) is 24.6. The fraction of sp³-hybridized carbons (Fsp3) is 0.385. The second-order valence-corrected chi connectivity index (χ2v) is 5.40. The summed E-state index contributed by atoms with van der Waals surface area (Å²) < 4.78 is 18.4. The highest BCUT2D eigenvalue weighted by atomic mass is 79.9. The lowest BCUT2D eigenvalue weighted by Crippen LogP contribution is -2.42. The van der Waals surface area contributed by atoms with Crippen LogP contribution in [0.1, 0.15) is 23.2 Å². The number of ether oxygens (including phenoxy) is 1. The van der Waals surface area contributed by atoms with E-state index in [4.69, 9.17) is 10.5 Å². The third kappa shape index (κ3) is 3.27. The first kappa shape index (κ1) is 14.8. The van der Waals surface area contributed by atoms with E-state index in [-0.39, 0.29) is 18.2 Å². The normalized spacial score (nSPS) is 18.1. The number of benzene rings is 1. The minimum Gasteiger partial charge on any atom is -0.460 e. The van der Waals surface area contributed by atoms with Crippen molar-refractivity contribution in [1.82, 2.24) is 4.90 Å². The van der Waals surface area contributed by atoms with Crippen molar-refractivity contribution in [1.29, 1.82) is 0 Å². The minimum atomic E-state index is -0.562. The highest BCUT2D eigenvalue weighted by molar-refractivity contribution is 9.10. The lowest BCUT2D eigenvalue weighted by Gasteiger charge is -2.22. The first-order valence-electron chi connectivity index (χ1n) is 6.17. The van der Waals surface area contributed by atoms with Gasteiger partial charge in [-0.2, -0.15) is 0 Å². The summed E-state index contributed by atoms with van der Waals surface area (Å²) in [7, 11) is 0. The van der Waals surface area contributed by atoms with Gasteiger partial charge in [-0.05, 0) is 47.0 Å². The summed E-state index contributed by atoms with van der Waals surface area (Å²) in [6, 6.07) is 3.04. The number of esters is 1. The summed E-state index contributed by atoms with van der Waals surface area (Å²) in [5.41, 5.74) is 5.49. The molecule has 2 amide bonds. The van der Waals surface area contributed by atoms with Crippen LogP contribution >= 0.6 is 15.9 Å². The number of urea groups is 1. The number of halogens is 2. The Labute approximate surface area is 124 Å². The summed E-state index contributed by atoms with van der Waals surface area (Å²) in [5, 5.41) is 0. The topological polar surface area (TPSA) is 72.6 Å². The molecule has 0 saturated carbocycles. The summed E-state index contributed by atoms with van der Waals surface area (Å²) in [6.07, 6.45) is 1.59. The number of rotatable bonds is 3. The Morgan fingerprint density at radius 1 is 1.50 bits per heavy atom. The van der Waals surface area contributed by atoms with Crippen molar-refractivity contribution in [3.8, 4) is 0 Å². The molecule has 0 spiro atoms. The number of carbonyl (C=O) groups is 2. The van der Waals surface area contributed by atoms with Gasteiger partial charge in [-0.15, -0.1) is 0 Å². The Bertz CT molecular complexity index is 538. The molecule has 1 fully saturated rings. The Kier molecular flexibility index (Phi) is 4.59. The van der Waals surface area contributed by atoms with Gasteiger partial charge in [0.15, 0.2) is 0 Å².